The molecule has 1 saturated heterocycles. The molecule has 0 spiro atoms. The molecule has 1 N–H and O–H groups in total. The summed E-state index contributed by atoms with van der Waals surface area (Å²) in [5.41, 5.74) is 0. The molecular weight excluding hydrogens is 200 g/mol. The molecule has 94 valence electrons. The number of nitrogens with zero attached hydrogens (tertiary/aromatic N) is 1. The van der Waals surface area contributed by atoms with Gasteiger partial charge in [0.15, 0.2) is 0 Å². The summed E-state index contributed by atoms with van der Waals surface area (Å²) in [7, 11) is 0. The maximum absolute atomic E-state index is 10.9. The molecule has 0 aliphatic carbocycles. The fourth-order valence-electron chi connectivity index (χ4n) is 2.27. The third-order valence-electron chi connectivity index (χ3n) is 3.35. The topological polar surface area (TPSA) is 32.3 Å². The van der Waals surface area contributed by atoms with Gasteiger partial charge in [-0.1, -0.05) is 39.0 Å². The van der Waals surface area contributed by atoms with Gasteiger partial charge >= 0.3 is 0 Å². The summed E-state index contributed by atoms with van der Waals surface area (Å²) in [6, 6.07) is 0.115. The maximum atomic E-state index is 10.9. The Kier molecular flexibility index (Phi) is 7.43. The Morgan fingerprint density at radius 3 is 2.75 bits per heavy atom. The van der Waals surface area contributed by atoms with Crippen LogP contribution in [0.4, 0.5) is 0 Å². The predicted octanol–water partition coefficient (Wildman–Crippen LogP) is 1.82. The summed E-state index contributed by atoms with van der Waals surface area (Å²) >= 11 is 0. The number of hydrogen-bond acceptors (Lipinski definition) is 3. The van der Waals surface area contributed by atoms with Gasteiger partial charge in [-0.05, 0) is 13.0 Å². The minimum absolute atomic E-state index is 0.115. The largest absolute Gasteiger partial charge is 0.313 e. The Morgan fingerprint density at radius 2 is 2.00 bits per heavy atom. The van der Waals surface area contributed by atoms with Gasteiger partial charge in [0, 0.05) is 19.6 Å². The van der Waals surface area contributed by atoms with Crippen LogP contribution in [-0.2, 0) is 4.79 Å². The van der Waals surface area contributed by atoms with Crippen molar-refractivity contribution in [3.8, 4) is 0 Å². The molecule has 16 heavy (non-hydrogen) atoms. The number of nitrogens with one attached hydrogen (secondary N) is 1. The highest BCUT2D eigenvalue weighted by Gasteiger charge is 2.20. The standard InChI is InChI=1S/C13H26N2O/c1-2-3-4-5-6-7-9-15-10-8-14-11-13(15)12-16/h12-14H,2-11H2,1H3/t13-/m0/s1. The molecule has 0 bridgehead atoms. The number of aldehydes is 1. The lowest BCUT2D eigenvalue weighted by atomic mass is 10.1. The molecule has 0 aromatic rings. The monoisotopic (exact) mass is 226 g/mol. The first-order valence-electron chi connectivity index (χ1n) is 6.78. The van der Waals surface area contributed by atoms with Gasteiger partial charge in [0.1, 0.15) is 6.29 Å². The smallest absolute Gasteiger partial charge is 0.138 e. The summed E-state index contributed by atoms with van der Waals surface area (Å²) in [5.74, 6) is 0. The number of piperazine rings is 1. The van der Waals surface area contributed by atoms with E-state index in [0.29, 0.717) is 0 Å². The summed E-state index contributed by atoms with van der Waals surface area (Å²) in [4.78, 5) is 13.2. The third kappa shape index (κ3) is 5.08. The molecule has 1 fully saturated rings. The molecular formula is C13H26N2O. The van der Waals surface area contributed by atoms with Crippen LogP contribution in [0.5, 0.6) is 0 Å². The van der Waals surface area contributed by atoms with E-state index in [4.69, 9.17) is 0 Å². The second kappa shape index (κ2) is 8.71. The lowest BCUT2D eigenvalue weighted by Crippen LogP contribution is -2.52. The van der Waals surface area contributed by atoms with Gasteiger partial charge in [0.2, 0.25) is 0 Å². The van der Waals surface area contributed by atoms with E-state index >= 15 is 0 Å². The van der Waals surface area contributed by atoms with E-state index in [2.05, 4.69) is 17.1 Å². The zero-order chi connectivity index (χ0) is 11.6. The molecule has 1 aliphatic rings. The lowest BCUT2D eigenvalue weighted by molar-refractivity contribution is -0.113. The van der Waals surface area contributed by atoms with Gasteiger partial charge in [0.05, 0.1) is 6.04 Å². The number of carbonyl (C=O) groups is 1. The minimum Gasteiger partial charge on any atom is -0.313 e. The molecule has 3 nitrogen and oxygen atoms in total. The average Bonchev–Trinajstić information content (AvgIpc) is 2.34. The zero-order valence-electron chi connectivity index (χ0n) is 10.6. The molecule has 1 heterocycles. The van der Waals surface area contributed by atoms with E-state index < -0.39 is 0 Å². The Morgan fingerprint density at radius 1 is 1.25 bits per heavy atom. The Bertz CT molecular complexity index is 185. The first-order valence-corrected chi connectivity index (χ1v) is 6.78. The zero-order valence-corrected chi connectivity index (χ0v) is 10.6. The first kappa shape index (κ1) is 13.7. The molecule has 0 radical (unpaired) electrons. The molecule has 1 aliphatic heterocycles. The normalized spacial score (nSPS) is 22.2. The molecule has 3 heteroatoms. The number of hydrogen-bond donors (Lipinski definition) is 1. The molecule has 0 aromatic heterocycles. The van der Waals surface area contributed by atoms with Crippen molar-refractivity contribution in [2.45, 2.75) is 51.5 Å². The highest BCUT2D eigenvalue weighted by molar-refractivity contribution is 5.58. The minimum atomic E-state index is 0.115. The van der Waals surface area contributed by atoms with Crippen molar-refractivity contribution >= 4 is 6.29 Å². The van der Waals surface area contributed by atoms with E-state index in [1.165, 1.54) is 38.5 Å². The lowest BCUT2D eigenvalue weighted by Gasteiger charge is -2.32. The van der Waals surface area contributed by atoms with Crippen molar-refractivity contribution < 1.29 is 4.79 Å². The summed E-state index contributed by atoms with van der Waals surface area (Å²) < 4.78 is 0. The fourth-order valence-corrected chi connectivity index (χ4v) is 2.27. The highest BCUT2D eigenvalue weighted by atomic mass is 16.1. The van der Waals surface area contributed by atoms with Crippen molar-refractivity contribution in [2.75, 3.05) is 26.2 Å². The van der Waals surface area contributed by atoms with E-state index in [9.17, 15) is 4.79 Å². The van der Waals surface area contributed by atoms with Crippen molar-refractivity contribution in [1.29, 1.82) is 0 Å². The van der Waals surface area contributed by atoms with Crippen LogP contribution in [0.15, 0.2) is 0 Å². The van der Waals surface area contributed by atoms with Crippen LogP contribution in [0.25, 0.3) is 0 Å². The second-order valence-corrected chi connectivity index (χ2v) is 4.71. The molecule has 0 unspecified atom stereocenters. The fraction of sp³-hybridized carbons (Fsp3) is 0.923. The molecule has 1 rings (SSSR count). The van der Waals surface area contributed by atoms with Gasteiger partial charge in [-0.3, -0.25) is 4.90 Å². The van der Waals surface area contributed by atoms with Gasteiger partial charge < -0.3 is 10.1 Å². The van der Waals surface area contributed by atoms with Crippen LogP contribution in [0.1, 0.15) is 45.4 Å². The van der Waals surface area contributed by atoms with Gasteiger partial charge in [-0.15, -0.1) is 0 Å². The summed E-state index contributed by atoms with van der Waals surface area (Å²) in [6.07, 6.45) is 9.04. The van der Waals surface area contributed by atoms with E-state index in [-0.39, 0.29) is 6.04 Å². The van der Waals surface area contributed by atoms with Crippen LogP contribution in [0, 0.1) is 0 Å². The molecule has 1 atom stereocenters. The quantitative estimate of drug-likeness (QED) is 0.506. The Labute approximate surface area is 99.6 Å². The van der Waals surface area contributed by atoms with Crippen LogP contribution in [0.2, 0.25) is 0 Å². The maximum Gasteiger partial charge on any atom is 0.138 e. The second-order valence-electron chi connectivity index (χ2n) is 4.71. The predicted molar refractivity (Wildman–Crippen MR) is 67.7 cm³/mol. The van der Waals surface area contributed by atoms with E-state index in [1.54, 1.807) is 0 Å². The molecule has 0 aromatic carbocycles. The number of unbranched alkanes of at least 4 members (excludes halogenated alkanes) is 5. The SMILES string of the molecule is CCCCCCCCN1CCNC[C@H]1C=O. The Balaban J connectivity index is 2.04. The van der Waals surface area contributed by atoms with Crippen molar-refractivity contribution in [3.05, 3.63) is 0 Å². The molecule has 0 amide bonds. The van der Waals surface area contributed by atoms with Crippen LogP contribution < -0.4 is 5.32 Å². The van der Waals surface area contributed by atoms with E-state index in [1.807, 2.05) is 0 Å². The summed E-state index contributed by atoms with van der Waals surface area (Å²) in [6.45, 7) is 6.23. The van der Waals surface area contributed by atoms with Crippen molar-refractivity contribution in [3.63, 3.8) is 0 Å². The number of rotatable bonds is 8. The van der Waals surface area contributed by atoms with Crippen molar-refractivity contribution in [1.82, 2.24) is 10.2 Å². The summed E-state index contributed by atoms with van der Waals surface area (Å²) in [5, 5.41) is 3.26. The van der Waals surface area contributed by atoms with E-state index in [0.717, 1.165) is 32.5 Å². The average molecular weight is 226 g/mol. The van der Waals surface area contributed by atoms with Crippen LogP contribution in [-0.4, -0.2) is 43.4 Å². The van der Waals surface area contributed by atoms with Crippen LogP contribution in [0.3, 0.4) is 0 Å². The van der Waals surface area contributed by atoms with Crippen molar-refractivity contribution in [2.24, 2.45) is 0 Å². The van der Waals surface area contributed by atoms with Gasteiger partial charge in [-0.2, -0.15) is 0 Å². The highest BCUT2D eigenvalue weighted by Crippen LogP contribution is 2.08. The van der Waals surface area contributed by atoms with Gasteiger partial charge in [-0.25, -0.2) is 0 Å². The van der Waals surface area contributed by atoms with Crippen LogP contribution >= 0.6 is 0 Å². The molecule has 0 saturated carbocycles. The first-order chi connectivity index (χ1) is 7.88. The number of carbonyl (C=O) groups excluding carboxylic acids is 1. The van der Waals surface area contributed by atoms with Gasteiger partial charge in [0.25, 0.3) is 0 Å². The third-order valence-corrected chi connectivity index (χ3v) is 3.35. The Hall–Kier alpha value is -0.410.